The predicted molar refractivity (Wildman–Crippen MR) is 109 cm³/mol. The number of ketones is 1. The van der Waals surface area contributed by atoms with E-state index in [1.54, 1.807) is 20.6 Å². The highest BCUT2D eigenvalue weighted by atomic mass is 16.5. The number of fused-ring (bicyclic) bond motifs is 1. The van der Waals surface area contributed by atoms with Crippen molar-refractivity contribution in [3.05, 3.63) is 36.0 Å². The molecule has 1 aromatic carbocycles. The molecule has 0 N–H and O–H groups in total. The third-order valence-electron chi connectivity index (χ3n) is 5.97. The maximum atomic E-state index is 13.0. The molecule has 3 heterocycles. The van der Waals surface area contributed by atoms with Crippen LogP contribution < -0.4 is 0 Å². The maximum Gasteiger partial charge on any atom is 0.295 e. The van der Waals surface area contributed by atoms with Crippen molar-refractivity contribution in [2.24, 2.45) is 5.92 Å². The van der Waals surface area contributed by atoms with Gasteiger partial charge in [0, 0.05) is 43.3 Å². The topological polar surface area (TPSA) is 71.9 Å². The van der Waals surface area contributed by atoms with Crippen molar-refractivity contribution in [1.29, 1.82) is 0 Å². The van der Waals surface area contributed by atoms with E-state index in [-0.39, 0.29) is 12.5 Å². The lowest BCUT2D eigenvalue weighted by Gasteiger charge is -2.29. The van der Waals surface area contributed by atoms with Gasteiger partial charge in [0.05, 0.1) is 18.8 Å². The molecule has 2 amide bonds. The molecule has 0 bridgehead atoms. The van der Waals surface area contributed by atoms with Crippen LogP contribution in [0.5, 0.6) is 0 Å². The zero-order chi connectivity index (χ0) is 20.4. The third-order valence-corrected chi connectivity index (χ3v) is 5.97. The van der Waals surface area contributed by atoms with Gasteiger partial charge in [-0.3, -0.25) is 14.4 Å². The highest BCUT2D eigenvalue weighted by Gasteiger charge is 2.29. The molecule has 0 unspecified atom stereocenters. The monoisotopic (exact) mass is 397 g/mol. The Morgan fingerprint density at radius 1 is 1.00 bits per heavy atom. The van der Waals surface area contributed by atoms with Gasteiger partial charge in [-0.15, -0.1) is 0 Å². The quantitative estimate of drug-likeness (QED) is 0.584. The van der Waals surface area contributed by atoms with E-state index in [2.05, 4.69) is 6.92 Å². The summed E-state index contributed by atoms with van der Waals surface area (Å²) in [4.78, 5) is 42.0. The van der Waals surface area contributed by atoms with Gasteiger partial charge in [-0.25, -0.2) is 0 Å². The summed E-state index contributed by atoms with van der Waals surface area (Å²) in [5, 5.41) is 0.714. The molecule has 2 aliphatic heterocycles. The lowest BCUT2D eigenvalue weighted by molar-refractivity contribution is -0.135. The molecule has 0 atom stereocenters. The highest BCUT2D eigenvalue weighted by Crippen LogP contribution is 2.24. The van der Waals surface area contributed by atoms with E-state index in [0.717, 1.165) is 18.4 Å². The fraction of sp³-hybridized carbons (Fsp3) is 0.500. The van der Waals surface area contributed by atoms with Gasteiger partial charge < -0.3 is 19.1 Å². The van der Waals surface area contributed by atoms with Gasteiger partial charge in [0.25, 0.3) is 11.7 Å². The number of carbonyl (C=O) groups is 3. The average molecular weight is 397 g/mol. The summed E-state index contributed by atoms with van der Waals surface area (Å²) in [6, 6.07) is 7.44. The van der Waals surface area contributed by atoms with Crippen molar-refractivity contribution in [3.8, 4) is 0 Å². The van der Waals surface area contributed by atoms with Crippen molar-refractivity contribution in [2.45, 2.75) is 26.3 Å². The van der Waals surface area contributed by atoms with Crippen molar-refractivity contribution >= 4 is 28.5 Å². The van der Waals surface area contributed by atoms with E-state index in [1.165, 1.54) is 0 Å². The molecule has 7 nitrogen and oxygen atoms in total. The second-order valence-electron chi connectivity index (χ2n) is 7.98. The van der Waals surface area contributed by atoms with E-state index >= 15 is 0 Å². The van der Waals surface area contributed by atoms with E-state index in [9.17, 15) is 14.4 Å². The number of piperidine rings is 1. The summed E-state index contributed by atoms with van der Waals surface area (Å²) in [6.07, 6.45) is 3.51. The van der Waals surface area contributed by atoms with Crippen molar-refractivity contribution < 1.29 is 19.1 Å². The summed E-state index contributed by atoms with van der Waals surface area (Å²) in [5.41, 5.74) is 1.16. The van der Waals surface area contributed by atoms with Crippen LogP contribution in [0.25, 0.3) is 10.9 Å². The molecule has 2 aromatic rings. The van der Waals surface area contributed by atoms with Gasteiger partial charge in [0.1, 0.15) is 6.54 Å². The Bertz CT molecular complexity index is 921. The molecule has 1 aromatic heterocycles. The molecule has 7 heteroatoms. The van der Waals surface area contributed by atoms with E-state index < -0.39 is 11.7 Å². The van der Waals surface area contributed by atoms with Crippen LogP contribution in [0.2, 0.25) is 0 Å². The van der Waals surface area contributed by atoms with Crippen LogP contribution in [0.15, 0.2) is 30.5 Å². The largest absolute Gasteiger partial charge is 0.378 e. The number of ether oxygens (including phenoxy) is 1. The Hall–Kier alpha value is -2.67. The number of para-hydroxylation sites is 1. The molecule has 2 aliphatic rings. The Labute approximate surface area is 170 Å². The molecule has 154 valence electrons. The summed E-state index contributed by atoms with van der Waals surface area (Å²) in [5.74, 6) is -0.362. The zero-order valence-electron chi connectivity index (χ0n) is 16.8. The maximum absolute atomic E-state index is 13.0. The third kappa shape index (κ3) is 4.05. The number of amides is 2. The number of hydrogen-bond donors (Lipinski definition) is 0. The molecule has 4 rings (SSSR count). The molecular weight excluding hydrogens is 370 g/mol. The van der Waals surface area contributed by atoms with Crippen LogP contribution >= 0.6 is 0 Å². The molecule has 29 heavy (non-hydrogen) atoms. The number of Topliss-reactive ketones (excluding diaryl/α,β-unsaturated/α-hetero) is 1. The number of carbonyl (C=O) groups excluding carboxylic acids is 3. The summed E-state index contributed by atoms with van der Waals surface area (Å²) < 4.78 is 7.09. The van der Waals surface area contributed by atoms with Gasteiger partial charge in [0.2, 0.25) is 5.91 Å². The smallest absolute Gasteiger partial charge is 0.295 e. The number of benzene rings is 1. The van der Waals surface area contributed by atoms with E-state index in [0.29, 0.717) is 56.3 Å². The predicted octanol–water partition coefficient (Wildman–Crippen LogP) is 1.94. The van der Waals surface area contributed by atoms with Gasteiger partial charge >= 0.3 is 0 Å². The Kier molecular flexibility index (Phi) is 5.67. The van der Waals surface area contributed by atoms with E-state index in [1.807, 2.05) is 24.3 Å². The van der Waals surface area contributed by atoms with Crippen LogP contribution in [0.4, 0.5) is 0 Å². The number of morpholine rings is 1. The van der Waals surface area contributed by atoms with Crippen LogP contribution in [-0.2, 0) is 20.9 Å². The number of hydrogen-bond acceptors (Lipinski definition) is 4. The second kappa shape index (κ2) is 8.37. The van der Waals surface area contributed by atoms with Crippen LogP contribution in [0.3, 0.4) is 0 Å². The number of rotatable bonds is 4. The van der Waals surface area contributed by atoms with Crippen LogP contribution in [-0.4, -0.2) is 71.4 Å². The van der Waals surface area contributed by atoms with Gasteiger partial charge in [0.15, 0.2) is 0 Å². The fourth-order valence-corrected chi connectivity index (χ4v) is 4.09. The number of likely N-dealkylation sites (tertiary alicyclic amines) is 1. The standard InChI is InChI=1S/C22H27N3O4/c1-16-6-8-24(9-7-16)22(28)21(27)18-14-25(19-5-3-2-4-17(18)19)15-20(26)23-10-12-29-13-11-23/h2-5,14,16H,6-13,15H2,1H3. The zero-order valence-corrected chi connectivity index (χ0v) is 16.8. The number of nitrogens with zero attached hydrogens (tertiary/aromatic N) is 3. The molecule has 2 fully saturated rings. The Morgan fingerprint density at radius 3 is 2.41 bits per heavy atom. The molecule has 0 aliphatic carbocycles. The average Bonchev–Trinajstić information content (AvgIpc) is 3.12. The van der Waals surface area contributed by atoms with Gasteiger partial charge in [-0.1, -0.05) is 25.1 Å². The molecule has 0 saturated carbocycles. The molecule has 0 spiro atoms. The van der Waals surface area contributed by atoms with Crippen molar-refractivity contribution in [3.63, 3.8) is 0 Å². The Morgan fingerprint density at radius 2 is 1.69 bits per heavy atom. The molecular formula is C22H27N3O4. The van der Waals surface area contributed by atoms with Crippen molar-refractivity contribution in [2.75, 3.05) is 39.4 Å². The highest BCUT2D eigenvalue weighted by molar-refractivity contribution is 6.44. The number of aromatic nitrogens is 1. The second-order valence-corrected chi connectivity index (χ2v) is 7.98. The first-order valence-electron chi connectivity index (χ1n) is 10.3. The minimum absolute atomic E-state index is 0.00982. The summed E-state index contributed by atoms with van der Waals surface area (Å²) in [6.45, 7) is 5.81. The van der Waals surface area contributed by atoms with Gasteiger partial charge in [-0.05, 0) is 24.8 Å². The van der Waals surface area contributed by atoms with Crippen LogP contribution in [0, 0.1) is 5.92 Å². The fourth-order valence-electron chi connectivity index (χ4n) is 4.09. The SMILES string of the molecule is CC1CCN(C(=O)C(=O)c2cn(CC(=O)N3CCOCC3)c3ccccc23)CC1. The Balaban J connectivity index is 1.57. The first-order chi connectivity index (χ1) is 14.0. The summed E-state index contributed by atoms with van der Waals surface area (Å²) in [7, 11) is 0. The van der Waals surface area contributed by atoms with E-state index in [4.69, 9.17) is 4.74 Å². The van der Waals surface area contributed by atoms with Crippen LogP contribution in [0.1, 0.15) is 30.1 Å². The first kappa shape index (κ1) is 19.6. The van der Waals surface area contributed by atoms with Gasteiger partial charge in [-0.2, -0.15) is 0 Å². The van der Waals surface area contributed by atoms with Crippen molar-refractivity contribution in [1.82, 2.24) is 14.4 Å². The lowest BCUT2D eigenvalue weighted by atomic mass is 9.98. The minimum Gasteiger partial charge on any atom is -0.378 e. The summed E-state index contributed by atoms with van der Waals surface area (Å²) >= 11 is 0. The minimum atomic E-state index is -0.492. The molecule has 2 saturated heterocycles. The lowest BCUT2D eigenvalue weighted by Crippen LogP contribution is -2.42. The molecule has 0 radical (unpaired) electrons. The first-order valence-corrected chi connectivity index (χ1v) is 10.3. The normalized spacial score (nSPS) is 18.2.